The maximum absolute atomic E-state index is 5.71. The van der Waals surface area contributed by atoms with Crippen molar-refractivity contribution < 1.29 is 0 Å². The minimum absolute atomic E-state index is 0. The Bertz CT molecular complexity index is 41.3. The Morgan fingerprint density at radius 3 is 1.71 bits per heavy atom. The van der Waals surface area contributed by atoms with Gasteiger partial charge in [-0.2, -0.15) is 0 Å². The monoisotopic (exact) mass is 121 g/mol. The van der Waals surface area contributed by atoms with Gasteiger partial charge < -0.3 is 6.15 Å². The highest BCUT2D eigenvalue weighted by Gasteiger charge is 2.09. The van der Waals surface area contributed by atoms with Crippen LogP contribution in [0, 0.1) is 0 Å². The summed E-state index contributed by atoms with van der Waals surface area (Å²) in [6.07, 6.45) is 5.21. The summed E-state index contributed by atoms with van der Waals surface area (Å²) in [7, 11) is 0. The van der Waals surface area contributed by atoms with Gasteiger partial charge in [0.05, 0.1) is 0 Å². The lowest BCUT2D eigenvalue weighted by atomic mass is 10.4. The van der Waals surface area contributed by atoms with E-state index in [0.717, 1.165) is 0 Å². The topological polar surface area (TPSA) is 35.0 Å². The summed E-state index contributed by atoms with van der Waals surface area (Å²) in [6, 6.07) is 0. The van der Waals surface area contributed by atoms with E-state index in [1.54, 1.807) is 0 Å². The lowest BCUT2D eigenvalue weighted by Crippen LogP contribution is -1.83. The van der Waals surface area contributed by atoms with E-state index < -0.39 is 0 Å². The summed E-state index contributed by atoms with van der Waals surface area (Å²) in [5.74, 6) is 0. The Morgan fingerprint density at radius 1 is 1.14 bits per heavy atom. The number of alkyl halides is 1. The first-order chi connectivity index (χ1) is 2.89. The second-order valence-electron chi connectivity index (χ2n) is 1.88. The predicted molar refractivity (Wildman–Crippen MR) is 33.1 cm³/mol. The lowest BCUT2D eigenvalue weighted by Gasteiger charge is -1.88. The average Bonchev–Trinajstić information content (AvgIpc) is 1.86. The van der Waals surface area contributed by atoms with Gasteiger partial charge in [-0.3, -0.25) is 0 Å². The molecule has 0 aromatic heterocycles. The van der Waals surface area contributed by atoms with Crippen molar-refractivity contribution in [2.45, 2.75) is 31.1 Å². The first-order valence-corrected chi connectivity index (χ1v) is 2.97. The van der Waals surface area contributed by atoms with Gasteiger partial charge >= 0.3 is 0 Å². The van der Waals surface area contributed by atoms with Gasteiger partial charge in [0.15, 0.2) is 0 Å². The fraction of sp³-hybridized carbons (Fsp3) is 1.00. The van der Waals surface area contributed by atoms with Crippen molar-refractivity contribution >= 4 is 11.6 Å². The molecule has 0 bridgehead atoms. The average molecular weight is 122 g/mol. The molecular weight excluding hydrogens is 110 g/mol. The van der Waals surface area contributed by atoms with E-state index in [9.17, 15) is 0 Å². The molecule has 3 N–H and O–H groups in total. The van der Waals surface area contributed by atoms with Gasteiger partial charge in [0, 0.05) is 5.38 Å². The molecule has 0 spiro atoms. The van der Waals surface area contributed by atoms with Crippen molar-refractivity contribution in [1.82, 2.24) is 6.15 Å². The first kappa shape index (κ1) is 7.25. The van der Waals surface area contributed by atoms with Gasteiger partial charge in [0.1, 0.15) is 0 Å². The molecule has 7 heavy (non-hydrogen) atoms. The van der Waals surface area contributed by atoms with Gasteiger partial charge in [-0.1, -0.05) is 12.8 Å². The molecule has 1 aliphatic rings. The van der Waals surface area contributed by atoms with Crippen molar-refractivity contribution in [2.75, 3.05) is 0 Å². The Kier molecular flexibility index (Phi) is 3.39. The molecule has 0 radical (unpaired) electrons. The van der Waals surface area contributed by atoms with Crippen molar-refractivity contribution in [3.63, 3.8) is 0 Å². The van der Waals surface area contributed by atoms with Crippen molar-refractivity contribution in [1.29, 1.82) is 0 Å². The van der Waals surface area contributed by atoms with Crippen molar-refractivity contribution in [3.8, 4) is 0 Å². The van der Waals surface area contributed by atoms with Crippen molar-refractivity contribution in [2.24, 2.45) is 0 Å². The van der Waals surface area contributed by atoms with E-state index >= 15 is 0 Å². The van der Waals surface area contributed by atoms with E-state index in [1.165, 1.54) is 25.7 Å². The van der Waals surface area contributed by atoms with Crippen LogP contribution in [0.5, 0.6) is 0 Å². The molecule has 0 aliphatic heterocycles. The molecule has 0 unspecified atom stereocenters. The molecule has 1 nitrogen and oxygen atoms in total. The molecule has 0 heterocycles. The first-order valence-electron chi connectivity index (χ1n) is 2.53. The largest absolute Gasteiger partial charge is 0.344 e. The molecule has 2 heteroatoms. The molecule has 0 aromatic carbocycles. The van der Waals surface area contributed by atoms with Crippen LogP contribution in [0.15, 0.2) is 0 Å². The molecule has 0 saturated heterocycles. The molecule has 0 aromatic rings. The van der Waals surface area contributed by atoms with Gasteiger partial charge in [0.2, 0.25) is 0 Å². The normalized spacial score (nSPS) is 21.9. The predicted octanol–water partition coefficient (Wildman–Crippen LogP) is 2.33. The zero-order valence-corrected chi connectivity index (χ0v) is 5.25. The molecule has 1 rings (SSSR count). The fourth-order valence-corrected chi connectivity index (χ4v) is 1.18. The van der Waals surface area contributed by atoms with E-state index in [1.807, 2.05) is 0 Å². The summed E-state index contributed by atoms with van der Waals surface area (Å²) in [5.41, 5.74) is 0. The van der Waals surface area contributed by atoms with Gasteiger partial charge in [0.25, 0.3) is 0 Å². The Balaban J connectivity index is 0.000000360. The van der Waals surface area contributed by atoms with Crippen LogP contribution in [0.1, 0.15) is 25.7 Å². The van der Waals surface area contributed by atoms with Crippen LogP contribution >= 0.6 is 11.6 Å². The van der Waals surface area contributed by atoms with Crippen LogP contribution < -0.4 is 6.15 Å². The summed E-state index contributed by atoms with van der Waals surface area (Å²) in [6.45, 7) is 0. The highest BCUT2D eigenvalue weighted by atomic mass is 35.5. The van der Waals surface area contributed by atoms with Crippen LogP contribution in [0.2, 0.25) is 0 Å². The molecule has 1 aliphatic carbocycles. The maximum Gasteiger partial charge on any atom is 0.0336 e. The highest BCUT2D eigenvalue weighted by Crippen LogP contribution is 2.22. The van der Waals surface area contributed by atoms with Crippen LogP contribution in [0.3, 0.4) is 0 Å². The summed E-state index contributed by atoms with van der Waals surface area (Å²) in [4.78, 5) is 0. The van der Waals surface area contributed by atoms with Gasteiger partial charge in [-0.05, 0) is 12.8 Å². The van der Waals surface area contributed by atoms with Crippen LogP contribution in [0.25, 0.3) is 0 Å². The van der Waals surface area contributed by atoms with E-state index in [2.05, 4.69) is 0 Å². The quantitative estimate of drug-likeness (QED) is 0.491. The van der Waals surface area contributed by atoms with Crippen molar-refractivity contribution in [3.05, 3.63) is 0 Å². The third-order valence-electron chi connectivity index (χ3n) is 1.28. The van der Waals surface area contributed by atoms with Crippen LogP contribution in [-0.4, -0.2) is 5.38 Å². The number of halogens is 1. The van der Waals surface area contributed by atoms with E-state index in [4.69, 9.17) is 11.6 Å². The minimum Gasteiger partial charge on any atom is -0.344 e. The zero-order chi connectivity index (χ0) is 4.41. The third-order valence-corrected chi connectivity index (χ3v) is 1.72. The minimum atomic E-state index is 0. The molecular formula is C5H12ClN. The fourth-order valence-electron chi connectivity index (χ4n) is 0.876. The molecule has 1 fully saturated rings. The number of hydrogen-bond donors (Lipinski definition) is 1. The summed E-state index contributed by atoms with van der Waals surface area (Å²) in [5, 5.41) is 0.519. The summed E-state index contributed by atoms with van der Waals surface area (Å²) >= 11 is 5.71. The highest BCUT2D eigenvalue weighted by molar-refractivity contribution is 6.20. The molecule has 0 amide bonds. The van der Waals surface area contributed by atoms with Gasteiger partial charge in [-0.25, -0.2) is 0 Å². The van der Waals surface area contributed by atoms with Crippen LogP contribution in [0.4, 0.5) is 0 Å². The Labute approximate surface area is 49.6 Å². The molecule has 1 saturated carbocycles. The van der Waals surface area contributed by atoms with Crippen LogP contribution in [-0.2, 0) is 0 Å². The molecule has 44 valence electrons. The smallest absolute Gasteiger partial charge is 0.0336 e. The second-order valence-corrected chi connectivity index (χ2v) is 2.50. The van der Waals surface area contributed by atoms with E-state index in [-0.39, 0.29) is 6.15 Å². The standard InChI is InChI=1S/C5H9Cl.H3N/c6-5-3-1-2-4-5;/h5H,1-4H2;1H3. The second kappa shape index (κ2) is 3.28. The summed E-state index contributed by atoms with van der Waals surface area (Å²) < 4.78 is 0. The maximum atomic E-state index is 5.71. The molecule has 0 atom stereocenters. The Morgan fingerprint density at radius 2 is 1.57 bits per heavy atom. The number of rotatable bonds is 0. The van der Waals surface area contributed by atoms with E-state index in [0.29, 0.717) is 5.38 Å². The SMILES string of the molecule is ClC1CCCC1.N. The lowest BCUT2D eigenvalue weighted by molar-refractivity contribution is 0.886. The zero-order valence-electron chi connectivity index (χ0n) is 4.49. The number of hydrogen-bond acceptors (Lipinski definition) is 1. The Hall–Kier alpha value is 0.250. The van der Waals surface area contributed by atoms with Gasteiger partial charge in [-0.15, -0.1) is 11.6 Å². The third kappa shape index (κ3) is 2.15.